The summed E-state index contributed by atoms with van der Waals surface area (Å²) in [6, 6.07) is 4.08. The van der Waals surface area contributed by atoms with Gasteiger partial charge in [0, 0.05) is 12.6 Å². The molecule has 1 unspecified atom stereocenters. The summed E-state index contributed by atoms with van der Waals surface area (Å²) in [5.41, 5.74) is 0.932. The number of esters is 1. The van der Waals surface area contributed by atoms with E-state index in [1.807, 2.05) is 6.07 Å². The van der Waals surface area contributed by atoms with Crippen molar-refractivity contribution in [2.24, 2.45) is 0 Å². The molecule has 0 spiro atoms. The lowest BCUT2D eigenvalue weighted by Gasteiger charge is -2.12. The number of rotatable bonds is 6. The van der Waals surface area contributed by atoms with Gasteiger partial charge in [-0.15, -0.1) is 0 Å². The van der Waals surface area contributed by atoms with Gasteiger partial charge in [0.1, 0.15) is 5.75 Å². The van der Waals surface area contributed by atoms with Gasteiger partial charge in [-0.25, -0.2) is 4.79 Å². The highest BCUT2D eigenvalue weighted by Crippen LogP contribution is 2.11. The van der Waals surface area contributed by atoms with Crippen molar-refractivity contribution >= 4 is 5.97 Å². The topological polar surface area (TPSA) is 60.5 Å². The van der Waals surface area contributed by atoms with Crippen molar-refractivity contribution in [3.63, 3.8) is 0 Å². The van der Waals surface area contributed by atoms with Crippen LogP contribution in [-0.2, 0) is 16.1 Å². The molecule has 0 aromatic carbocycles. The molecule has 5 heteroatoms. The third-order valence-corrected chi connectivity index (χ3v) is 2.33. The maximum Gasteiger partial charge on any atom is 0.346 e. The van der Waals surface area contributed by atoms with E-state index < -0.39 is 12.1 Å². The summed E-state index contributed by atoms with van der Waals surface area (Å²) < 4.78 is 9.97. The van der Waals surface area contributed by atoms with Crippen molar-refractivity contribution in [1.29, 1.82) is 0 Å². The van der Waals surface area contributed by atoms with Crippen molar-refractivity contribution in [2.45, 2.75) is 39.5 Å². The van der Waals surface area contributed by atoms with Crippen LogP contribution in [0.5, 0.6) is 5.75 Å². The number of pyridine rings is 1. The van der Waals surface area contributed by atoms with E-state index in [-0.39, 0.29) is 0 Å². The highest BCUT2D eigenvalue weighted by Gasteiger charge is 2.14. The van der Waals surface area contributed by atoms with E-state index in [1.165, 1.54) is 7.11 Å². The summed E-state index contributed by atoms with van der Waals surface area (Å²) in [4.78, 5) is 15.4. The number of carbonyl (C=O) groups is 1. The van der Waals surface area contributed by atoms with Gasteiger partial charge >= 0.3 is 5.97 Å². The van der Waals surface area contributed by atoms with E-state index >= 15 is 0 Å². The van der Waals surface area contributed by atoms with E-state index in [0.717, 1.165) is 5.69 Å². The molecule has 0 amide bonds. The van der Waals surface area contributed by atoms with Crippen LogP contribution >= 0.6 is 0 Å². The maximum atomic E-state index is 11.2. The second-order valence-corrected chi connectivity index (χ2v) is 4.30. The molecule has 0 radical (unpaired) electrons. The largest absolute Gasteiger partial charge is 0.477 e. The Balaban J connectivity index is 2.52. The minimum absolute atomic E-state index is 0.402. The summed E-state index contributed by atoms with van der Waals surface area (Å²) in [5, 5.41) is 3.27. The molecule has 1 aromatic heterocycles. The van der Waals surface area contributed by atoms with Crippen molar-refractivity contribution in [2.75, 3.05) is 7.11 Å². The summed E-state index contributed by atoms with van der Waals surface area (Å²) in [5.74, 6) is 0.154. The number of hydrogen-bond donors (Lipinski definition) is 1. The van der Waals surface area contributed by atoms with Crippen molar-refractivity contribution in [3.8, 4) is 5.75 Å². The summed E-state index contributed by atoms with van der Waals surface area (Å²) >= 11 is 0. The normalized spacial score (nSPS) is 12.3. The average Bonchev–Trinajstić information content (AvgIpc) is 2.36. The van der Waals surface area contributed by atoms with Gasteiger partial charge < -0.3 is 14.8 Å². The molecule has 0 aliphatic rings. The lowest BCUT2D eigenvalue weighted by Crippen LogP contribution is -2.25. The molecule has 1 aromatic rings. The maximum absolute atomic E-state index is 11.2. The molecule has 0 aliphatic carbocycles. The predicted molar refractivity (Wildman–Crippen MR) is 68.3 cm³/mol. The fraction of sp³-hybridized carbons (Fsp3) is 0.538. The number of nitrogens with one attached hydrogen (secondary N) is 1. The fourth-order valence-electron chi connectivity index (χ4n) is 1.31. The van der Waals surface area contributed by atoms with Crippen LogP contribution in [0, 0.1) is 0 Å². The quantitative estimate of drug-likeness (QED) is 0.778. The number of nitrogens with zero attached hydrogens (tertiary/aromatic N) is 1. The molecule has 0 saturated heterocycles. The van der Waals surface area contributed by atoms with Gasteiger partial charge in [-0.1, -0.05) is 13.8 Å². The highest BCUT2D eigenvalue weighted by atomic mass is 16.6. The summed E-state index contributed by atoms with van der Waals surface area (Å²) in [6.07, 6.45) is 0.980. The van der Waals surface area contributed by atoms with E-state index in [0.29, 0.717) is 18.3 Å². The smallest absolute Gasteiger partial charge is 0.346 e. The monoisotopic (exact) mass is 252 g/mol. The molecule has 0 fully saturated rings. The molecule has 1 atom stereocenters. The molecular weight excluding hydrogens is 232 g/mol. The Morgan fingerprint density at radius 2 is 2.11 bits per heavy atom. The van der Waals surface area contributed by atoms with E-state index in [4.69, 9.17) is 4.74 Å². The standard InChI is InChI=1S/C13H20N2O3/c1-9(2)14-7-11-5-6-12(8-15-11)18-10(3)13(16)17-4/h5-6,8-10,14H,7H2,1-4H3. The van der Waals surface area contributed by atoms with E-state index in [9.17, 15) is 4.79 Å². The predicted octanol–water partition coefficient (Wildman–Crippen LogP) is 1.52. The number of methoxy groups -OCH3 is 1. The van der Waals surface area contributed by atoms with Crippen LogP contribution in [0.4, 0.5) is 0 Å². The lowest BCUT2D eigenvalue weighted by atomic mass is 10.3. The Kier molecular flexibility index (Phi) is 5.58. The third-order valence-electron chi connectivity index (χ3n) is 2.33. The van der Waals surface area contributed by atoms with Crippen LogP contribution in [0.25, 0.3) is 0 Å². The van der Waals surface area contributed by atoms with Crippen LogP contribution < -0.4 is 10.1 Å². The first-order valence-electron chi connectivity index (χ1n) is 5.95. The fourth-order valence-corrected chi connectivity index (χ4v) is 1.31. The van der Waals surface area contributed by atoms with E-state index in [1.54, 1.807) is 19.2 Å². The second-order valence-electron chi connectivity index (χ2n) is 4.30. The SMILES string of the molecule is COC(=O)C(C)Oc1ccc(CNC(C)C)nc1. The van der Waals surface area contributed by atoms with Gasteiger partial charge in [0.15, 0.2) is 6.10 Å². The van der Waals surface area contributed by atoms with E-state index in [2.05, 4.69) is 28.9 Å². The Morgan fingerprint density at radius 3 is 2.61 bits per heavy atom. The molecule has 0 saturated carbocycles. The van der Waals surface area contributed by atoms with Crippen molar-refractivity contribution in [1.82, 2.24) is 10.3 Å². The minimum Gasteiger partial charge on any atom is -0.477 e. The Labute approximate surface area is 108 Å². The molecular formula is C13H20N2O3. The van der Waals surface area contributed by atoms with Gasteiger partial charge in [-0.3, -0.25) is 4.98 Å². The van der Waals surface area contributed by atoms with Crippen molar-refractivity contribution < 1.29 is 14.3 Å². The molecule has 1 rings (SSSR count). The molecule has 0 aliphatic heterocycles. The zero-order valence-corrected chi connectivity index (χ0v) is 11.3. The van der Waals surface area contributed by atoms with Crippen LogP contribution in [0.3, 0.4) is 0 Å². The van der Waals surface area contributed by atoms with Gasteiger partial charge in [0.2, 0.25) is 0 Å². The molecule has 0 bridgehead atoms. The number of hydrogen-bond acceptors (Lipinski definition) is 5. The first kappa shape index (κ1) is 14.4. The Bertz CT molecular complexity index is 376. The summed E-state index contributed by atoms with van der Waals surface area (Å²) in [6.45, 7) is 6.51. The van der Waals surface area contributed by atoms with Crippen LogP contribution in [0.1, 0.15) is 26.5 Å². The third kappa shape index (κ3) is 4.71. The molecule has 18 heavy (non-hydrogen) atoms. The zero-order valence-electron chi connectivity index (χ0n) is 11.3. The molecule has 5 nitrogen and oxygen atoms in total. The zero-order chi connectivity index (χ0) is 13.5. The van der Waals surface area contributed by atoms with Gasteiger partial charge in [0.25, 0.3) is 0 Å². The Hall–Kier alpha value is -1.62. The minimum atomic E-state index is -0.628. The average molecular weight is 252 g/mol. The molecule has 1 N–H and O–H groups in total. The number of ether oxygens (including phenoxy) is 2. The first-order valence-corrected chi connectivity index (χ1v) is 5.95. The van der Waals surface area contributed by atoms with Crippen LogP contribution in [-0.4, -0.2) is 30.2 Å². The first-order chi connectivity index (χ1) is 8.52. The van der Waals surface area contributed by atoms with Gasteiger partial charge in [0.05, 0.1) is 19.0 Å². The Morgan fingerprint density at radius 1 is 1.39 bits per heavy atom. The van der Waals surface area contributed by atoms with Crippen LogP contribution in [0.2, 0.25) is 0 Å². The molecule has 100 valence electrons. The van der Waals surface area contributed by atoms with Crippen molar-refractivity contribution in [3.05, 3.63) is 24.0 Å². The molecule has 1 heterocycles. The van der Waals surface area contributed by atoms with Gasteiger partial charge in [-0.05, 0) is 19.1 Å². The van der Waals surface area contributed by atoms with Gasteiger partial charge in [-0.2, -0.15) is 0 Å². The number of aromatic nitrogens is 1. The highest BCUT2D eigenvalue weighted by molar-refractivity contribution is 5.74. The van der Waals surface area contributed by atoms with Crippen LogP contribution in [0.15, 0.2) is 18.3 Å². The second kappa shape index (κ2) is 6.96. The summed E-state index contributed by atoms with van der Waals surface area (Å²) in [7, 11) is 1.33. The lowest BCUT2D eigenvalue weighted by molar-refractivity contribution is -0.147. The number of carbonyl (C=O) groups excluding carboxylic acids is 1.